The zero-order valence-electron chi connectivity index (χ0n) is 11.7. The van der Waals surface area contributed by atoms with Gasteiger partial charge in [-0.25, -0.2) is 21.9 Å². The van der Waals surface area contributed by atoms with Gasteiger partial charge in [-0.15, -0.1) is 0 Å². The molecular formula is C13H19F2NO3S2. The highest BCUT2D eigenvalue weighted by Gasteiger charge is 2.22. The minimum Gasteiger partial charge on any atom is -0.391 e. The van der Waals surface area contributed by atoms with Crippen LogP contribution in [0.15, 0.2) is 17.0 Å². The molecule has 120 valence electrons. The number of unbranched alkanes of at least 4 members (excludes halogenated alkanes) is 2. The van der Waals surface area contributed by atoms with E-state index in [1.54, 1.807) is 11.8 Å². The molecule has 1 aromatic carbocycles. The van der Waals surface area contributed by atoms with Gasteiger partial charge in [-0.1, -0.05) is 6.42 Å². The van der Waals surface area contributed by atoms with E-state index in [1.165, 1.54) is 0 Å². The Kier molecular flexibility index (Phi) is 7.58. The standard InChI is InChI=1S/C13H19F2NO3S2/c1-20-8-4-2-3-7-16-21(18,19)12-6-5-11(14)10(9-17)13(12)15/h5-6,16-17H,2-4,7-9H2,1H3. The summed E-state index contributed by atoms with van der Waals surface area (Å²) >= 11 is 1.72. The molecule has 0 amide bonds. The summed E-state index contributed by atoms with van der Waals surface area (Å²) in [5.74, 6) is -1.20. The Balaban J connectivity index is 2.71. The van der Waals surface area contributed by atoms with Crippen LogP contribution in [-0.4, -0.2) is 32.1 Å². The Hall–Kier alpha value is -0.700. The Morgan fingerprint density at radius 3 is 2.57 bits per heavy atom. The Labute approximate surface area is 128 Å². The van der Waals surface area contributed by atoms with E-state index in [4.69, 9.17) is 5.11 Å². The van der Waals surface area contributed by atoms with E-state index in [9.17, 15) is 17.2 Å². The molecule has 21 heavy (non-hydrogen) atoms. The molecule has 0 saturated carbocycles. The molecule has 0 aliphatic carbocycles. The number of thioether (sulfide) groups is 1. The van der Waals surface area contributed by atoms with Crippen molar-refractivity contribution in [3.63, 3.8) is 0 Å². The summed E-state index contributed by atoms with van der Waals surface area (Å²) in [7, 11) is -4.04. The van der Waals surface area contributed by atoms with Gasteiger partial charge in [0.1, 0.15) is 10.7 Å². The molecule has 0 unspecified atom stereocenters. The molecule has 0 aromatic heterocycles. The third-order valence-electron chi connectivity index (χ3n) is 2.92. The maximum atomic E-state index is 13.9. The third kappa shape index (κ3) is 5.21. The van der Waals surface area contributed by atoms with Crippen molar-refractivity contribution in [1.82, 2.24) is 4.72 Å². The zero-order valence-corrected chi connectivity index (χ0v) is 13.4. The summed E-state index contributed by atoms with van der Waals surface area (Å²) in [5, 5.41) is 8.89. The van der Waals surface area contributed by atoms with E-state index < -0.39 is 38.7 Å². The van der Waals surface area contributed by atoms with Gasteiger partial charge in [0.2, 0.25) is 10.0 Å². The molecule has 0 aliphatic rings. The lowest BCUT2D eigenvalue weighted by Gasteiger charge is -2.10. The van der Waals surface area contributed by atoms with Crippen LogP contribution in [0.1, 0.15) is 24.8 Å². The highest BCUT2D eigenvalue weighted by atomic mass is 32.2. The predicted octanol–water partition coefficient (Wildman–Crippen LogP) is 2.27. The molecule has 0 bridgehead atoms. The van der Waals surface area contributed by atoms with E-state index in [0.717, 1.165) is 30.7 Å². The first-order valence-corrected chi connectivity index (χ1v) is 9.38. The summed E-state index contributed by atoms with van der Waals surface area (Å²) in [4.78, 5) is -0.642. The van der Waals surface area contributed by atoms with Gasteiger partial charge in [-0.2, -0.15) is 11.8 Å². The number of rotatable bonds is 9. The highest BCUT2D eigenvalue weighted by molar-refractivity contribution is 7.98. The highest BCUT2D eigenvalue weighted by Crippen LogP contribution is 2.21. The van der Waals surface area contributed by atoms with Crippen LogP contribution in [0.4, 0.5) is 8.78 Å². The topological polar surface area (TPSA) is 66.4 Å². The summed E-state index contributed by atoms with van der Waals surface area (Å²) in [6.07, 6.45) is 4.51. The van der Waals surface area contributed by atoms with Crippen LogP contribution in [0.2, 0.25) is 0 Å². The number of halogens is 2. The summed E-state index contributed by atoms with van der Waals surface area (Å²) in [6.45, 7) is -0.697. The lowest BCUT2D eigenvalue weighted by Crippen LogP contribution is -2.26. The van der Waals surface area contributed by atoms with Crippen molar-refractivity contribution in [2.24, 2.45) is 0 Å². The summed E-state index contributed by atoms with van der Waals surface area (Å²) in [6, 6.07) is 1.70. The van der Waals surface area contributed by atoms with Crippen molar-refractivity contribution in [1.29, 1.82) is 0 Å². The number of benzene rings is 1. The fourth-order valence-electron chi connectivity index (χ4n) is 1.76. The molecule has 1 aromatic rings. The summed E-state index contributed by atoms with van der Waals surface area (Å²) in [5.41, 5.74) is -0.641. The second-order valence-electron chi connectivity index (χ2n) is 4.45. The minimum absolute atomic E-state index is 0.196. The molecule has 2 N–H and O–H groups in total. The number of hydrogen-bond acceptors (Lipinski definition) is 4. The van der Waals surface area contributed by atoms with Crippen LogP contribution in [0, 0.1) is 11.6 Å². The van der Waals surface area contributed by atoms with Gasteiger partial charge >= 0.3 is 0 Å². The molecule has 8 heteroatoms. The second kappa shape index (κ2) is 8.67. The van der Waals surface area contributed by atoms with E-state index >= 15 is 0 Å². The number of aliphatic hydroxyl groups is 1. The van der Waals surface area contributed by atoms with E-state index in [1.807, 2.05) is 6.26 Å². The smallest absolute Gasteiger partial charge is 0.243 e. The van der Waals surface area contributed by atoms with Gasteiger partial charge in [0.25, 0.3) is 0 Å². The van der Waals surface area contributed by atoms with Crippen molar-refractivity contribution in [2.75, 3.05) is 18.6 Å². The van der Waals surface area contributed by atoms with Crippen molar-refractivity contribution in [3.05, 3.63) is 29.3 Å². The molecule has 0 spiro atoms. The fourth-order valence-corrected chi connectivity index (χ4v) is 3.43. The molecule has 0 fully saturated rings. The second-order valence-corrected chi connectivity index (χ2v) is 7.17. The molecule has 0 radical (unpaired) electrons. The van der Waals surface area contributed by atoms with Crippen LogP contribution >= 0.6 is 11.8 Å². The molecule has 0 atom stereocenters. The van der Waals surface area contributed by atoms with Crippen LogP contribution in [0.25, 0.3) is 0 Å². The lowest BCUT2D eigenvalue weighted by molar-refractivity contribution is 0.267. The quantitative estimate of drug-likeness (QED) is 0.678. The minimum atomic E-state index is -4.04. The molecule has 0 saturated heterocycles. The fraction of sp³-hybridized carbons (Fsp3) is 0.538. The van der Waals surface area contributed by atoms with Crippen molar-refractivity contribution >= 4 is 21.8 Å². The zero-order chi connectivity index (χ0) is 15.9. The Bertz CT molecular complexity index is 565. The average Bonchev–Trinajstić information content (AvgIpc) is 2.43. The normalized spacial score (nSPS) is 11.8. The number of aliphatic hydroxyl groups excluding tert-OH is 1. The number of sulfonamides is 1. The largest absolute Gasteiger partial charge is 0.391 e. The predicted molar refractivity (Wildman–Crippen MR) is 79.7 cm³/mol. The third-order valence-corrected chi connectivity index (χ3v) is 5.09. The van der Waals surface area contributed by atoms with Crippen molar-refractivity contribution in [2.45, 2.75) is 30.8 Å². The Morgan fingerprint density at radius 2 is 1.95 bits per heavy atom. The SMILES string of the molecule is CSCCCCCNS(=O)(=O)c1ccc(F)c(CO)c1F. The van der Waals surface area contributed by atoms with Crippen molar-refractivity contribution < 1.29 is 22.3 Å². The van der Waals surface area contributed by atoms with Gasteiger partial charge in [0.05, 0.1) is 12.2 Å². The number of nitrogens with one attached hydrogen (secondary N) is 1. The average molecular weight is 339 g/mol. The first-order chi connectivity index (χ1) is 9.94. The van der Waals surface area contributed by atoms with Crippen LogP contribution < -0.4 is 4.72 Å². The lowest BCUT2D eigenvalue weighted by atomic mass is 10.2. The Morgan fingerprint density at radius 1 is 1.24 bits per heavy atom. The summed E-state index contributed by atoms with van der Waals surface area (Å²) < 4.78 is 53.3. The maximum Gasteiger partial charge on any atom is 0.243 e. The van der Waals surface area contributed by atoms with Gasteiger partial charge < -0.3 is 5.11 Å². The molecular weight excluding hydrogens is 320 g/mol. The van der Waals surface area contributed by atoms with Crippen LogP contribution in [0.5, 0.6) is 0 Å². The van der Waals surface area contributed by atoms with Crippen LogP contribution in [0.3, 0.4) is 0 Å². The molecule has 4 nitrogen and oxygen atoms in total. The monoisotopic (exact) mass is 339 g/mol. The van der Waals surface area contributed by atoms with Gasteiger partial charge in [-0.3, -0.25) is 0 Å². The van der Waals surface area contributed by atoms with Gasteiger partial charge in [0, 0.05) is 6.54 Å². The van der Waals surface area contributed by atoms with E-state index in [2.05, 4.69) is 4.72 Å². The van der Waals surface area contributed by atoms with Crippen LogP contribution in [-0.2, 0) is 16.6 Å². The molecule has 0 heterocycles. The van der Waals surface area contributed by atoms with Crippen molar-refractivity contribution in [3.8, 4) is 0 Å². The van der Waals surface area contributed by atoms with E-state index in [0.29, 0.717) is 6.42 Å². The number of hydrogen-bond donors (Lipinski definition) is 2. The van der Waals surface area contributed by atoms with Gasteiger partial charge in [0.15, 0.2) is 5.82 Å². The van der Waals surface area contributed by atoms with Gasteiger partial charge in [-0.05, 0) is 37.0 Å². The first-order valence-electron chi connectivity index (χ1n) is 6.50. The first kappa shape index (κ1) is 18.3. The van der Waals surface area contributed by atoms with E-state index in [-0.39, 0.29) is 6.54 Å². The molecule has 1 rings (SSSR count). The molecule has 0 aliphatic heterocycles. The maximum absolute atomic E-state index is 13.9.